The van der Waals surface area contributed by atoms with E-state index in [-0.39, 0.29) is 23.7 Å². The first kappa shape index (κ1) is 29.4. The Morgan fingerprint density at radius 2 is 0.591 bits per heavy atom. The summed E-state index contributed by atoms with van der Waals surface area (Å²) in [4.78, 5) is 0. The molecule has 230 valence electrons. The molecule has 4 aromatic carbocycles. The molecule has 44 heavy (non-hydrogen) atoms. The van der Waals surface area contributed by atoms with Gasteiger partial charge in [-0.1, -0.05) is 12.1 Å². The van der Waals surface area contributed by atoms with Crippen LogP contribution in [-0.2, 0) is 0 Å². The lowest BCUT2D eigenvalue weighted by molar-refractivity contribution is 0.353. The average Bonchev–Trinajstić information content (AvgIpc) is 3.57. The summed E-state index contributed by atoms with van der Waals surface area (Å²) < 4.78 is 46.0. The SMILES string of the molecule is COc1ccc([C@@H]2c3cc(OC)c(OC)cc3[C@H]3[C@H](c4ccc(OC)c(OC)c4)c4cc(OC)c(OC)cc4[C@@H]23)cc1OC. The van der Waals surface area contributed by atoms with Crippen LogP contribution in [0.5, 0.6) is 46.0 Å². The van der Waals surface area contributed by atoms with Gasteiger partial charge in [-0.25, -0.2) is 0 Å². The highest BCUT2D eigenvalue weighted by atomic mass is 16.5. The van der Waals surface area contributed by atoms with Crippen molar-refractivity contribution in [2.24, 2.45) is 0 Å². The lowest BCUT2D eigenvalue weighted by Gasteiger charge is -2.24. The van der Waals surface area contributed by atoms with Gasteiger partial charge in [-0.05, 0) is 81.9 Å². The lowest BCUT2D eigenvalue weighted by atomic mass is 9.79. The fraction of sp³-hybridized carbons (Fsp3) is 0.333. The molecule has 0 bridgehead atoms. The first-order valence-electron chi connectivity index (χ1n) is 14.4. The summed E-state index contributed by atoms with van der Waals surface area (Å²) in [6, 6.07) is 20.9. The van der Waals surface area contributed by atoms with Gasteiger partial charge in [0.2, 0.25) is 0 Å². The van der Waals surface area contributed by atoms with Crippen LogP contribution in [0.2, 0.25) is 0 Å². The molecule has 8 nitrogen and oxygen atoms in total. The molecule has 0 amide bonds. The Hall–Kier alpha value is -4.72. The molecule has 0 saturated heterocycles. The van der Waals surface area contributed by atoms with Crippen LogP contribution >= 0.6 is 0 Å². The second-order valence-electron chi connectivity index (χ2n) is 10.9. The number of hydrogen-bond acceptors (Lipinski definition) is 8. The molecule has 0 unspecified atom stereocenters. The normalized spacial score (nSPS) is 19.4. The second kappa shape index (κ2) is 11.8. The molecule has 6 rings (SSSR count). The van der Waals surface area contributed by atoms with E-state index in [4.69, 9.17) is 37.9 Å². The Kier molecular flexibility index (Phi) is 7.84. The van der Waals surface area contributed by atoms with Gasteiger partial charge >= 0.3 is 0 Å². The lowest BCUT2D eigenvalue weighted by Crippen LogP contribution is -2.10. The van der Waals surface area contributed by atoms with Crippen LogP contribution in [0.25, 0.3) is 0 Å². The number of benzene rings is 4. The Bertz CT molecular complexity index is 1570. The predicted molar refractivity (Wildman–Crippen MR) is 167 cm³/mol. The molecule has 8 heteroatoms. The summed E-state index contributed by atoms with van der Waals surface area (Å²) in [5, 5.41) is 0. The first-order valence-corrected chi connectivity index (χ1v) is 14.4. The van der Waals surface area contributed by atoms with Crippen molar-refractivity contribution in [1.82, 2.24) is 0 Å². The minimum atomic E-state index is -0.0309. The third kappa shape index (κ3) is 4.43. The molecule has 0 spiro atoms. The van der Waals surface area contributed by atoms with E-state index in [2.05, 4.69) is 48.5 Å². The Labute approximate surface area is 258 Å². The van der Waals surface area contributed by atoms with Gasteiger partial charge in [0.15, 0.2) is 46.0 Å². The second-order valence-corrected chi connectivity index (χ2v) is 10.9. The van der Waals surface area contributed by atoms with E-state index >= 15 is 0 Å². The molecule has 0 heterocycles. The van der Waals surface area contributed by atoms with E-state index < -0.39 is 0 Å². The van der Waals surface area contributed by atoms with Gasteiger partial charge in [0, 0.05) is 23.7 Å². The van der Waals surface area contributed by atoms with Crippen LogP contribution in [0, 0.1) is 0 Å². The van der Waals surface area contributed by atoms with Gasteiger partial charge in [-0.3, -0.25) is 0 Å². The van der Waals surface area contributed by atoms with Crippen molar-refractivity contribution < 1.29 is 37.9 Å². The number of rotatable bonds is 10. The fourth-order valence-electron chi connectivity index (χ4n) is 7.35. The van der Waals surface area contributed by atoms with Crippen LogP contribution in [0.4, 0.5) is 0 Å². The Morgan fingerprint density at radius 3 is 0.886 bits per heavy atom. The smallest absolute Gasteiger partial charge is 0.161 e. The summed E-state index contributed by atoms with van der Waals surface area (Å²) in [7, 11) is 13.3. The first-order chi connectivity index (χ1) is 21.5. The van der Waals surface area contributed by atoms with Crippen molar-refractivity contribution in [3.05, 3.63) is 94.0 Å². The summed E-state index contributed by atoms with van der Waals surface area (Å²) in [5.74, 6) is 5.51. The topological polar surface area (TPSA) is 73.8 Å². The van der Waals surface area contributed by atoms with Gasteiger partial charge in [-0.2, -0.15) is 0 Å². The minimum Gasteiger partial charge on any atom is -0.493 e. The van der Waals surface area contributed by atoms with Gasteiger partial charge in [-0.15, -0.1) is 0 Å². The molecule has 0 aromatic heterocycles. The zero-order valence-electron chi connectivity index (χ0n) is 26.3. The molecule has 4 aromatic rings. The highest BCUT2D eigenvalue weighted by Gasteiger charge is 2.53. The van der Waals surface area contributed by atoms with Gasteiger partial charge in [0.05, 0.1) is 56.9 Å². The van der Waals surface area contributed by atoms with Crippen LogP contribution in [-0.4, -0.2) is 56.9 Å². The zero-order valence-corrected chi connectivity index (χ0v) is 26.3. The molecule has 0 aliphatic heterocycles. The van der Waals surface area contributed by atoms with Crippen LogP contribution in [0.15, 0.2) is 60.7 Å². The number of hydrogen-bond donors (Lipinski definition) is 0. The van der Waals surface area contributed by atoms with E-state index in [9.17, 15) is 0 Å². The van der Waals surface area contributed by atoms with Crippen LogP contribution in [0.3, 0.4) is 0 Å². The van der Waals surface area contributed by atoms with Crippen molar-refractivity contribution in [2.75, 3.05) is 56.9 Å². The molecule has 0 N–H and O–H groups in total. The van der Waals surface area contributed by atoms with E-state index in [1.807, 2.05) is 12.1 Å². The van der Waals surface area contributed by atoms with Gasteiger partial charge in [0.1, 0.15) is 0 Å². The van der Waals surface area contributed by atoms with Crippen molar-refractivity contribution in [3.63, 3.8) is 0 Å². The van der Waals surface area contributed by atoms with Crippen molar-refractivity contribution >= 4 is 0 Å². The van der Waals surface area contributed by atoms with E-state index in [1.165, 1.54) is 22.3 Å². The highest BCUT2D eigenvalue weighted by Crippen LogP contribution is 2.68. The third-order valence-electron chi connectivity index (χ3n) is 9.21. The maximum atomic E-state index is 5.84. The molecule has 0 fully saturated rings. The monoisotopic (exact) mass is 598 g/mol. The van der Waals surface area contributed by atoms with E-state index in [0.29, 0.717) is 46.0 Å². The van der Waals surface area contributed by atoms with Crippen molar-refractivity contribution in [2.45, 2.75) is 23.7 Å². The molecule has 0 radical (unpaired) electrons. The standard InChI is InChI=1S/C36H38O8/c1-37-25-11-9-19(13-27(25)39-3)33-21-15-29(41-5)31(43-7)17-23(21)36-34(20-10-12-26(38-2)28(14-20)40-4)22-16-30(42-6)32(44-8)18-24(22)35(33)36/h9-18,33-36H,1-8H3/t33-,34-,35+,36+/m1/s1. The average molecular weight is 599 g/mol. The fourth-order valence-corrected chi connectivity index (χ4v) is 7.35. The zero-order chi connectivity index (χ0) is 31.1. The van der Waals surface area contributed by atoms with Gasteiger partial charge in [0.25, 0.3) is 0 Å². The molecular formula is C36H38O8. The molecular weight excluding hydrogens is 560 g/mol. The molecule has 0 saturated carbocycles. The van der Waals surface area contributed by atoms with Crippen molar-refractivity contribution in [1.29, 1.82) is 0 Å². The quantitative estimate of drug-likeness (QED) is 0.195. The van der Waals surface area contributed by atoms with Crippen molar-refractivity contribution in [3.8, 4) is 46.0 Å². The number of methoxy groups -OCH3 is 8. The summed E-state index contributed by atoms with van der Waals surface area (Å²) in [6.45, 7) is 0. The van der Waals surface area contributed by atoms with E-state index in [1.54, 1.807) is 56.9 Å². The third-order valence-corrected chi connectivity index (χ3v) is 9.21. The highest BCUT2D eigenvalue weighted by molar-refractivity contribution is 5.67. The molecule has 2 aliphatic rings. The Balaban J connectivity index is 1.67. The minimum absolute atomic E-state index is 0.0309. The summed E-state index contributed by atoms with van der Waals surface area (Å²) in [5.41, 5.74) is 6.96. The Morgan fingerprint density at radius 1 is 0.318 bits per heavy atom. The van der Waals surface area contributed by atoms with Crippen LogP contribution < -0.4 is 37.9 Å². The largest absolute Gasteiger partial charge is 0.493 e. The summed E-state index contributed by atoms with van der Waals surface area (Å²) in [6.07, 6.45) is 0. The molecule has 2 aliphatic carbocycles. The number of fused-ring (bicyclic) bond motifs is 5. The predicted octanol–water partition coefficient (Wildman–Crippen LogP) is 6.91. The van der Waals surface area contributed by atoms with Crippen LogP contribution in [0.1, 0.15) is 57.1 Å². The van der Waals surface area contributed by atoms with E-state index in [0.717, 1.165) is 11.1 Å². The molecule has 4 atom stereocenters. The summed E-state index contributed by atoms with van der Waals surface area (Å²) >= 11 is 0. The van der Waals surface area contributed by atoms with Gasteiger partial charge < -0.3 is 37.9 Å². The maximum Gasteiger partial charge on any atom is 0.161 e. The number of ether oxygens (including phenoxy) is 8. The maximum absolute atomic E-state index is 5.84.